The van der Waals surface area contributed by atoms with Crippen LogP contribution in [0.25, 0.3) is 0 Å². The maximum absolute atomic E-state index is 12.4. The smallest absolute Gasteiger partial charge is 0.249 e. The lowest BCUT2D eigenvalue weighted by atomic mass is 10.0. The minimum absolute atomic E-state index is 0.00808. The third kappa shape index (κ3) is 5.31. The summed E-state index contributed by atoms with van der Waals surface area (Å²) >= 11 is 0. The monoisotopic (exact) mass is 453 g/mol. The first kappa shape index (κ1) is 23.1. The van der Waals surface area contributed by atoms with E-state index in [1.165, 1.54) is 25.7 Å². The Balaban J connectivity index is 1.25. The SMILES string of the molecule is COc1c(OCCCCCCCCn2ccnc2)ccc2c1CN1C(=N2)NC(=O)C1C(C)C. The van der Waals surface area contributed by atoms with E-state index in [1.807, 2.05) is 35.8 Å². The van der Waals surface area contributed by atoms with Crippen molar-refractivity contribution in [3.63, 3.8) is 0 Å². The molecular weight excluding hydrogens is 418 g/mol. The van der Waals surface area contributed by atoms with Gasteiger partial charge in [0, 0.05) is 24.5 Å². The predicted molar refractivity (Wildman–Crippen MR) is 128 cm³/mol. The fourth-order valence-corrected chi connectivity index (χ4v) is 4.64. The summed E-state index contributed by atoms with van der Waals surface area (Å²) < 4.78 is 14.0. The third-order valence-electron chi connectivity index (χ3n) is 6.33. The van der Waals surface area contributed by atoms with Crippen LogP contribution >= 0.6 is 0 Å². The maximum Gasteiger partial charge on any atom is 0.249 e. The van der Waals surface area contributed by atoms with Gasteiger partial charge in [0.2, 0.25) is 11.9 Å². The Morgan fingerprint density at radius 3 is 2.67 bits per heavy atom. The number of hydrogen-bond acceptors (Lipinski definition) is 6. The maximum atomic E-state index is 12.4. The van der Waals surface area contributed by atoms with E-state index in [0.29, 0.717) is 19.1 Å². The average Bonchev–Trinajstić information content (AvgIpc) is 3.42. The number of fused-ring (bicyclic) bond motifs is 2. The number of unbranched alkanes of at least 4 members (excludes halogenated alkanes) is 5. The van der Waals surface area contributed by atoms with Crippen LogP contribution in [0.5, 0.6) is 11.5 Å². The highest BCUT2D eigenvalue weighted by molar-refractivity contribution is 6.08. The first-order chi connectivity index (χ1) is 16.1. The number of aliphatic imine (C=N–C) groups is 1. The molecule has 3 heterocycles. The Kier molecular flexibility index (Phi) is 7.52. The van der Waals surface area contributed by atoms with E-state index in [9.17, 15) is 4.79 Å². The molecule has 1 N–H and O–H groups in total. The van der Waals surface area contributed by atoms with Crippen LogP contribution in [0.15, 0.2) is 35.8 Å². The number of nitrogens with one attached hydrogen (secondary N) is 1. The number of aryl methyl sites for hydroxylation is 1. The number of rotatable bonds is 12. The Morgan fingerprint density at radius 2 is 1.94 bits per heavy atom. The van der Waals surface area contributed by atoms with Crippen molar-refractivity contribution in [1.29, 1.82) is 0 Å². The molecule has 1 fully saturated rings. The molecule has 0 aliphatic carbocycles. The van der Waals surface area contributed by atoms with Crippen molar-refractivity contribution in [2.75, 3.05) is 13.7 Å². The van der Waals surface area contributed by atoms with Crippen molar-refractivity contribution in [2.24, 2.45) is 10.9 Å². The van der Waals surface area contributed by atoms with Gasteiger partial charge < -0.3 is 18.9 Å². The van der Waals surface area contributed by atoms with E-state index in [4.69, 9.17) is 9.47 Å². The molecule has 8 nitrogen and oxygen atoms in total. The number of guanidine groups is 1. The van der Waals surface area contributed by atoms with Crippen LogP contribution in [0.4, 0.5) is 5.69 Å². The number of imidazole rings is 1. The van der Waals surface area contributed by atoms with Gasteiger partial charge in [-0.2, -0.15) is 0 Å². The summed E-state index contributed by atoms with van der Waals surface area (Å²) in [7, 11) is 1.67. The van der Waals surface area contributed by atoms with Crippen LogP contribution in [-0.2, 0) is 17.9 Å². The largest absolute Gasteiger partial charge is 0.492 e. The van der Waals surface area contributed by atoms with Crippen LogP contribution in [0, 0.1) is 5.92 Å². The second-order valence-electron chi connectivity index (χ2n) is 9.11. The summed E-state index contributed by atoms with van der Waals surface area (Å²) in [6.07, 6.45) is 12.8. The number of carbonyl (C=O) groups is 1. The van der Waals surface area contributed by atoms with Crippen LogP contribution < -0.4 is 14.8 Å². The lowest BCUT2D eigenvalue weighted by Gasteiger charge is -2.30. The minimum atomic E-state index is -0.217. The molecule has 1 saturated heterocycles. The van der Waals surface area contributed by atoms with Gasteiger partial charge in [-0.05, 0) is 30.9 Å². The molecule has 2 aliphatic heterocycles. The topological polar surface area (TPSA) is 81.0 Å². The zero-order valence-electron chi connectivity index (χ0n) is 19.9. The quantitative estimate of drug-likeness (QED) is 0.486. The van der Waals surface area contributed by atoms with Crippen molar-refractivity contribution in [3.05, 3.63) is 36.4 Å². The van der Waals surface area contributed by atoms with E-state index in [1.54, 1.807) is 7.11 Å². The summed E-state index contributed by atoms with van der Waals surface area (Å²) in [5.41, 5.74) is 1.80. The molecule has 1 aromatic heterocycles. The van der Waals surface area contributed by atoms with Gasteiger partial charge >= 0.3 is 0 Å². The minimum Gasteiger partial charge on any atom is -0.492 e. The van der Waals surface area contributed by atoms with Crippen molar-refractivity contribution in [1.82, 2.24) is 19.8 Å². The highest BCUT2D eigenvalue weighted by Gasteiger charge is 2.41. The molecule has 1 aromatic carbocycles. The lowest BCUT2D eigenvalue weighted by molar-refractivity contribution is -0.122. The van der Waals surface area contributed by atoms with E-state index >= 15 is 0 Å². The average molecular weight is 454 g/mol. The van der Waals surface area contributed by atoms with E-state index < -0.39 is 0 Å². The van der Waals surface area contributed by atoms with Gasteiger partial charge in [0.15, 0.2) is 11.5 Å². The predicted octanol–water partition coefficient (Wildman–Crippen LogP) is 4.27. The Morgan fingerprint density at radius 1 is 1.15 bits per heavy atom. The summed E-state index contributed by atoms with van der Waals surface area (Å²) in [5, 5.41) is 2.91. The van der Waals surface area contributed by atoms with E-state index in [2.05, 4.69) is 33.7 Å². The van der Waals surface area contributed by atoms with Crippen LogP contribution in [0.3, 0.4) is 0 Å². The number of methoxy groups -OCH3 is 1. The fraction of sp³-hybridized carbons (Fsp3) is 0.560. The summed E-state index contributed by atoms with van der Waals surface area (Å²) in [4.78, 5) is 23.2. The van der Waals surface area contributed by atoms with Gasteiger partial charge in [0.1, 0.15) is 6.04 Å². The summed E-state index contributed by atoms with van der Waals surface area (Å²) in [6.45, 7) is 6.40. The molecule has 2 aliphatic rings. The molecule has 1 unspecified atom stereocenters. The van der Waals surface area contributed by atoms with Gasteiger partial charge in [0.25, 0.3) is 0 Å². The molecule has 2 aromatic rings. The molecule has 1 amide bonds. The molecule has 1 atom stereocenters. The molecule has 0 bridgehead atoms. The number of nitrogens with zero attached hydrogens (tertiary/aromatic N) is 4. The van der Waals surface area contributed by atoms with Gasteiger partial charge in [0.05, 0.1) is 32.3 Å². The molecule has 178 valence electrons. The van der Waals surface area contributed by atoms with E-state index in [-0.39, 0.29) is 17.9 Å². The second-order valence-corrected chi connectivity index (χ2v) is 9.11. The Hall–Kier alpha value is -3.03. The first-order valence-electron chi connectivity index (χ1n) is 12.0. The van der Waals surface area contributed by atoms with Crippen LogP contribution in [-0.4, -0.2) is 46.1 Å². The molecule has 8 heteroatoms. The Labute approximate surface area is 196 Å². The Bertz CT molecular complexity index is 971. The summed E-state index contributed by atoms with van der Waals surface area (Å²) in [6, 6.07) is 3.66. The van der Waals surface area contributed by atoms with Crippen molar-refractivity contribution >= 4 is 17.6 Å². The number of ether oxygens (including phenoxy) is 2. The lowest BCUT2D eigenvalue weighted by Crippen LogP contribution is -2.40. The molecule has 0 radical (unpaired) electrons. The highest BCUT2D eigenvalue weighted by Crippen LogP contribution is 2.42. The number of benzene rings is 1. The molecule has 33 heavy (non-hydrogen) atoms. The molecule has 0 saturated carbocycles. The van der Waals surface area contributed by atoms with Crippen LogP contribution in [0.1, 0.15) is 57.9 Å². The van der Waals surface area contributed by atoms with Crippen molar-refractivity contribution < 1.29 is 14.3 Å². The zero-order valence-corrected chi connectivity index (χ0v) is 19.9. The van der Waals surface area contributed by atoms with E-state index in [0.717, 1.165) is 42.1 Å². The standard InChI is InChI=1S/C25H35N5O3/c1-18(2)22-24(31)28-25-27-20-10-11-21(23(32-3)19(20)16-30(22)25)33-15-9-7-5-4-6-8-13-29-14-12-26-17-29/h10-12,14,17-18,22H,4-9,13,15-16H2,1-3H3,(H,27,28,31). The first-order valence-corrected chi connectivity index (χ1v) is 12.0. The van der Waals surface area contributed by atoms with Crippen molar-refractivity contribution in [2.45, 2.75) is 71.5 Å². The summed E-state index contributed by atoms with van der Waals surface area (Å²) in [5.74, 6) is 2.29. The molecule has 0 spiro atoms. The van der Waals surface area contributed by atoms with Gasteiger partial charge in [-0.15, -0.1) is 0 Å². The van der Waals surface area contributed by atoms with Crippen LogP contribution in [0.2, 0.25) is 0 Å². The van der Waals surface area contributed by atoms with Gasteiger partial charge in [-0.25, -0.2) is 9.98 Å². The number of aromatic nitrogens is 2. The fourth-order valence-electron chi connectivity index (χ4n) is 4.64. The molecule has 4 rings (SSSR count). The number of carbonyl (C=O) groups excluding carboxylic acids is 1. The number of hydrogen-bond donors (Lipinski definition) is 1. The third-order valence-corrected chi connectivity index (χ3v) is 6.33. The van der Waals surface area contributed by atoms with Gasteiger partial charge in [-0.1, -0.05) is 39.5 Å². The highest BCUT2D eigenvalue weighted by atomic mass is 16.5. The second kappa shape index (κ2) is 10.7. The van der Waals surface area contributed by atoms with Crippen molar-refractivity contribution in [3.8, 4) is 11.5 Å². The number of amides is 1. The molecular formula is C25H35N5O3. The zero-order chi connectivity index (χ0) is 23.2. The normalized spacial score (nSPS) is 17.0. The van der Waals surface area contributed by atoms with Gasteiger partial charge in [-0.3, -0.25) is 10.1 Å².